The molecule has 5 nitrogen and oxygen atoms in total. The minimum Gasteiger partial charge on any atom is -0.456 e. The number of para-hydroxylation sites is 1. The van der Waals surface area contributed by atoms with E-state index in [0.29, 0.717) is 5.84 Å². The predicted molar refractivity (Wildman–Crippen MR) is 229 cm³/mol. The molecular formula is C50H33N3O2. The molecule has 0 saturated carbocycles. The molecule has 0 spiro atoms. The van der Waals surface area contributed by atoms with E-state index < -0.39 is 0 Å². The molecule has 55 heavy (non-hydrogen) atoms. The van der Waals surface area contributed by atoms with Gasteiger partial charge in [-0.05, 0) is 80.2 Å². The lowest BCUT2D eigenvalue weighted by molar-refractivity contribution is 0.669. The molecule has 1 atom stereocenters. The second-order valence-corrected chi connectivity index (χ2v) is 14.3. The number of hydrazone groups is 1. The Labute approximate surface area is 316 Å². The van der Waals surface area contributed by atoms with Crippen LogP contribution in [0.15, 0.2) is 189 Å². The molecule has 0 saturated heterocycles. The van der Waals surface area contributed by atoms with Gasteiger partial charge < -0.3 is 14.7 Å². The number of allylic oxidation sites excluding steroid dienone is 4. The highest BCUT2D eigenvalue weighted by molar-refractivity contribution is 6.25. The number of hydrogen-bond donors (Lipinski definition) is 1. The number of nitrogens with two attached hydrogens (primary N) is 1. The van der Waals surface area contributed by atoms with E-state index in [-0.39, 0.29) is 5.92 Å². The van der Waals surface area contributed by atoms with Crippen molar-refractivity contribution in [2.45, 2.75) is 6.42 Å². The fourth-order valence-corrected chi connectivity index (χ4v) is 8.56. The van der Waals surface area contributed by atoms with Gasteiger partial charge in [-0.25, -0.2) is 4.99 Å². The lowest BCUT2D eigenvalue weighted by atomic mass is 9.89. The number of hydrogen-bond acceptors (Lipinski definition) is 4. The first-order valence-corrected chi connectivity index (χ1v) is 18.6. The van der Waals surface area contributed by atoms with Crippen molar-refractivity contribution in [1.82, 2.24) is 0 Å². The maximum atomic E-state index is 6.70. The topological polar surface area (TPSA) is 77.0 Å². The van der Waals surface area contributed by atoms with Crippen molar-refractivity contribution in [2.24, 2.45) is 21.9 Å². The van der Waals surface area contributed by atoms with Gasteiger partial charge in [0, 0.05) is 38.6 Å². The van der Waals surface area contributed by atoms with E-state index in [1.165, 1.54) is 21.5 Å². The Balaban J connectivity index is 1.11. The average molecular weight is 708 g/mol. The summed E-state index contributed by atoms with van der Waals surface area (Å²) in [4.78, 5) is 5.37. The summed E-state index contributed by atoms with van der Waals surface area (Å²) in [5.74, 6) is 6.81. The molecule has 260 valence electrons. The van der Waals surface area contributed by atoms with Gasteiger partial charge in [-0.15, -0.1) is 0 Å². The molecule has 1 aliphatic rings. The molecule has 11 rings (SSSR count). The fourth-order valence-electron chi connectivity index (χ4n) is 8.56. The minimum absolute atomic E-state index is 0.0397. The first-order chi connectivity index (χ1) is 27.2. The summed E-state index contributed by atoms with van der Waals surface area (Å²) in [5, 5.41) is 15.6. The van der Waals surface area contributed by atoms with Crippen LogP contribution in [0.2, 0.25) is 0 Å². The summed E-state index contributed by atoms with van der Waals surface area (Å²) >= 11 is 0. The highest BCUT2D eigenvalue weighted by Crippen LogP contribution is 2.43. The van der Waals surface area contributed by atoms with E-state index in [9.17, 15) is 0 Å². The first kappa shape index (κ1) is 31.3. The van der Waals surface area contributed by atoms with Crippen molar-refractivity contribution in [2.75, 3.05) is 0 Å². The fraction of sp³-hybridized carbons (Fsp3) is 0.0400. The molecule has 10 aromatic rings. The lowest BCUT2D eigenvalue weighted by Crippen LogP contribution is -2.18. The zero-order chi connectivity index (χ0) is 36.5. The Hall–Kier alpha value is -7.24. The van der Waals surface area contributed by atoms with Crippen molar-refractivity contribution in [3.63, 3.8) is 0 Å². The van der Waals surface area contributed by atoms with Gasteiger partial charge in [-0.2, -0.15) is 5.10 Å². The Bertz CT molecular complexity index is 3320. The molecule has 2 aromatic heterocycles. The van der Waals surface area contributed by atoms with Gasteiger partial charge in [0.25, 0.3) is 0 Å². The monoisotopic (exact) mass is 707 g/mol. The normalized spacial score (nSPS) is 15.2. The van der Waals surface area contributed by atoms with Crippen LogP contribution in [0, 0.1) is 5.92 Å². The molecule has 0 amide bonds. The highest BCUT2D eigenvalue weighted by atomic mass is 16.3. The van der Waals surface area contributed by atoms with E-state index in [2.05, 4.69) is 145 Å². The van der Waals surface area contributed by atoms with Gasteiger partial charge in [-0.3, -0.25) is 0 Å². The zero-order valence-electron chi connectivity index (χ0n) is 29.7. The third-order valence-electron chi connectivity index (χ3n) is 11.1. The van der Waals surface area contributed by atoms with E-state index in [0.717, 1.165) is 89.0 Å². The van der Waals surface area contributed by atoms with Gasteiger partial charge >= 0.3 is 0 Å². The van der Waals surface area contributed by atoms with Crippen molar-refractivity contribution < 1.29 is 8.83 Å². The number of furan rings is 2. The van der Waals surface area contributed by atoms with Crippen LogP contribution in [0.3, 0.4) is 0 Å². The summed E-state index contributed by atoms with van der Waals surface area (Å²) in [6, 6.07) is 50.8. The molecule has 2 heterocycles. The third-order valence-corrected chi connectivity index (χ3v) is 11.1. The van der Waals surface area contributed by atoms with E-state index in [1.54, 1.807) is 0 Å². The molecule has 0 bridgehead atoms. The lowest BCUT2D eigenvalue weighted by Gasteiger charge is -2.18. The van der Waals surface area contributed by atoms with Crippen molar-refractivity contribution in [1.29, 1.82) is 0 Å². The Morgan fingerprint density at radius 1 is 0.545 bits per heavy atom. The van der Waals surface area contributed by atoms with Gasteiger partial charge in [0.05, 0.1) is 5.71 Å². The number of nitrogens with zero attached hydrogens (tertiary/aromatic N) is 2. The molecule has 1 unspecified atom stereocenters. The second-order valence-electron chi connectivity index (χ2n) is 14.3. The number of benzene rings is 8. The van der Waals surface area contributed by atoms with Crippen molar-refractivity contribution >= 4 is 87.7 Å². The van der Waals surface area contributed by atoms with E-state index >= 15 is 0 Å². The van der Waals surface area contributed by atoms with Crippen molar-refractivity contribution in [3.8, 4) is 11.1 Å². The Kier molecular flexibility index (Phi) is 7.07. The summed E-state index contributed by atoms with van der Waals surface area (Å²) in [6.07, 6.45) is 9.40. The SMILES string of the molecule is N/N=C(\N=C(c1ccc2c(ccc3ccccc32)c1)C1C=CC=CC1)c1cccc2oc3cccc(-c4cccc5c4oc4cc6ccccc6cc45)c3c12. The largest absolute Gasteiger partial charge is 0.456 e. The third kappa shape index (κ3) is 5.01. The van der Waals surface area contributed by atoms with Crippen LogP contribution in [-0.2, 0) is 0 Å². The van der Waals surface area contributed by atoms with Crippen LogP contribution in [-0.4, -0.2) is 11.5 Å². The molecule has 8 aromatic carbocycles. The summed E-state index contributed by atoms with van der Waals surface area (Å²) in [7, 11) is 0. The summed E-state index contributed by atoms with van der Waals surface area (Å²) < 4.78 is 13.3. The van der Waals surface area contributed by atoms with Gasteiger partial charge in [0.1, 0.15) is 22.3 Å². The maximum absolute atomic E-state index is 6.70. The second kappa shape index (κ2) is 12.4. The summed E-state index contributed by atoms with van der Waals surface area (Å²) in [6.45, 7) is 0. The quantitative estimate of drug-likeness (QED) is 0.0650. The van der Waals surface area contributed by atoms with E-state index in [1.807, 2.05) is 30.3 Å². The number of fused-ring (bicyclic) bond motifs is 10. The number of rotatable bonds is 4. The molecular weight excluding hydrogens is 675 g/mol. The number of aliphatic imine (C=N–C) groups is 1. The average Bonchev–Trinajstić information content (AvgIpc) is 3.81. The van der Waals surface area contributed by atoms with E-state index in [4.69, 9.17) is 19.7 Å². The summed E-state index contributed by atoms with van der Waals surface area (Å²) in [5.41, 5.74) is 7.92. The van der Waals surface area contributed by atoms with Gasteiger partial charge in [0.15, 0.2) is 5.84 Å². The standard InChI is InChI=1S/C50H33N3O2/c51-53-50(52-48(31-12-2-1-3-13-31)35-25-26-37-34(27-35)24-23-30-11-6-7-16-36(30)37)41-20-10-22-44-47(41)46-38(17-9-21-43(46)54-44)39-18-8-19-40-42-28-32-14-4-5-15-33(32)29-45(42)55-49(39)40/h1-12,14-29,31H,13,51H2/b52-48?,53-50-. The first-order valence-electron chi connectivity index (χ1n) is 18.6. The van der Waals surface area contributed by atoms with Crippen LogP contribution in [0.1, 0.15) is 17.5 Å². The Morgan fingerprint density at radius 3 is 2.13 bits per heavy atom. The molecule has 2 N–H and O–H groups in total. The maximum Gasteiger partial charge on any atom is 0.179 e. The predicted octanol–water partition coefficient (Wildman–Crippen LogP) is 12.9. The van der Waals surface area contributed by atoms with Crippen LogP contribution >= 0.6 is 0 Å². The minimum atomic E-state index is 0.0397. The molecule has 5 heteroatoms. The highest BCUT2D eigenvalue weighted by Gasteiger charge is 2.23. The molecule has 1 aliphatic carbocycles. The number of amidine groups is 1. The van der Waals surface area contributed by atoms with Crippen molar-refractivity contribution in [3.05, 3.63) is 181 Å². The van der Waals surface area contributed by atoms with Crippen LogP contribution < -0.4 is 5.84 Å². The van der Waals surface area contributed by atoms with Crippen LogP contribution in [0.25, 0.3) is 87.3 Å². The zero-order valence-corrected chi connectivity index (χ0v) is 29.7. The smallest absolute Gasteiger partial charge is 0.179 e. The van der Waals surface area contributed by atoms with Gasteiger partial charge in [-0.1, -0.05) is 140 Å². The van der Waals surface area contributed by atoms with Gasteiger partial charge in [0.2, 0.25) is 0 Å². The van der Waals surface area contributed by atoms with Crippen LogP contribution in [0.4, 0.5) is 0 Å². The molecule has 0 radical (unpaired) electrons. The molecule has 0 fully saturated rings. The molecule has 0 aliphatic heterocycles. The van der Waals surface area contributed by atoms with Crippen LogP contribution in [0.5, 0.6) is 0 Å². The Morgan fingerprint density at radius 2 is 1.27 bits per heavy atom.